The van der Waals surface area contributed by atoms with E-state index >= 15 is 0 Å². The summed E-state index contributed by atoms with van der Waals surface area (Å²) in [6.45, 7) is 16.1. The molecule has 0 spiro atoms. The van der Waals surface area contributed by atoms with E-state index in [2.05, 4.69) is 50.6 Å². The van der Waals surface area contributed by atoms with Gasteiger partial charge < -0.3 is 30.0 Å². The van der Waals surface area contributed by atoms with Crippen LogP contribution in [0.2, 0.25) is 0 Å². The van der Waals surface area contributed by atoms with Gasteiger partial charge in [0.05, 0.1) is 18.1 Å². The SMILES string of the molecule is CCCCCC(=O)NC[C@H](NC(=O)OC(C)(C)C)C(=O)N[C@@H](CC(C)C)B1OC2[C@H]3C[C@@H](C[C@H]2O1)C3(C)C. The molecule has 0 aromatic heterocycles. The van der Waals surface area contributed by atoms with Gasteiger partial charge in [0, 0.05) is 13.0 Å². The summed E-state index contributed by atoms with van der Waals surface area (Å²) in [4.78, 5) is 38.4. The highest BCUT2D eigenvalue weighted by Crippen LogP contribution is 2.61. The first kappa shape index (κ1) is 30.7. The molecule has 0 aromatic carbocycles. The molecule has 1 heterocycles. The zero-order chi connectivity index (χ0) is 28.3. The predicted molar refractivity (Wildman–Crippen MR) is 147 cm³/mol. The number of unbranched alkanes of at least 4 members (excludes halogenated alkanes) is 2. The molecule has 4 fully saturated rings. The Balaban J connectivity index is 1.67. The first-order valence-electron chi connectivity index (χ1n) is 14.6. The summed E-state index contributed by atoms with van der Waals surface area (Å²) < 4.78 is 18.2. The molecular weight excluding hydrogens is 485 g/mol. The van der Waals surface area contributed by atoms with Crippen LogP contribution in [-0.2, 0) is 23.6 Å². The molecule has 0 radical (unpaired) electrons. The minimum atomic E-state index is -0.995. The van der Waals surface area contributed by atoms with Crippen molar-refractivity contribution < 1.29 is 28.4 Å². The fourth-order valence-electron chi connectivity index (χ4n) is 6.08. The zero-order valence-electron chi connectivity index (χ0n) is 24.7. The van der Waals surface area contributed by atoms with Crippen molar-refractivity contribution in [3.63, 3.8) is 0 Å². The molecule has 3 aliphatic carbocycles. The molecule has 3 N–H and O–H groups in total. The second-order valence-corrected chi connectivity index (χ2v) is 13.4. The molecule has 10 heteroatoms. The van der Waals surface area contributed by atoms with Gasteiger partial charge in [0.1, 0.15) is 11.6 Å². The Kier molecular flexibility index (Phi) is 10.2. The van der Waals surface area contributed by atoms with Gasteiger partial charge in [-0.3, -0.25) is 9.59 Å². The summed E-state index contributed by atoms with van der Waals surface area (Å²) in [5.74, 6) is 0.484. The number of rotatable bonds is 12. The molecule has 0 aromatic rings. The molecule has 6 atom stereocenters. The summed E-state index contributed by atoms with van der Waals surface area (Å²) in [6, 6.07) is -0.995. The third-order valence-electron chi connectivity index (χ3n) is 8.33. The van der Waals surface area contributed by atoms with Crippen LogP contribution < -0.4 is 16.0 Å². The topological polar surface area (TPSA) is 115 Å². The van der Waals surface area contributed by atoms with Gasteiger partial charge in [-0.15, -0.1) is 0 Å². The van der Waals surface area contributed by atoms with Crippen molar-refractivity contribution in [2.75, 3.05) is 6.54 Å². The van der Waals surface area contributed by atoms with E-state index in [0.29, 0.717) is 24.7 Å². The quantitative estimate of drug-likeness (QED) is 0.257. The second-order valence-electron chi connectivity index (χ2n) is 13.4. The van der Waals surface area contributed by atoms with Gasteiger partial charge in [-0.1, -0.05) is 47.5 Å². The molecule has 1 unspecified atom stereocenters. The highest BCUT2D eigenvalue weighted by Gasteiger charge is 2.62. The lowest BCUT2D eigenvalue weighted by Gasteiger charge is -2.60. The van der Waals surface area contributed by atoms with Crippen LogP contribution in [0.4, 0.5) is 4.79 Å². The van der Waals surface area contributed by atoms with Crippen LogP contribution in [0, 0.1) is 23.2 Å². The van der Waals surface area contributed by atoms with Crippen molar-refractivity contribution in [1.82, 2.24) is 16.0 Å². The van der Waals surface area contributed by atoms with Crippen molar-refractivity contribution in [3.05, 3.63) is 0 Å². The lowest BCUT2D eigenvalue weighted by Crippen LogP contribution is -2.59. The van der Waals surface area contributed by atoms with Gasteiger partial charge in [-0.2, -0.15) is 0 Å². The van der Waals surface area contributed by atoms with Crippen molar-refractivity contribution in [3.8, 4) is 0 Å². The van der Waals surface area contributed by atoms with Crippen LogP contribution in [-0.4, -0.2) is 61.4 Å². The summed E-state index contributed by atoms with van der Waals surface area (Å²) in [5.41, 5.74) is -0.459. The van der Waals surface area contributed by atoms with E-state index in [0.717, 1.165) is 25.7 Å². The summed E-state index contributed by atoms with van der Waals surface area (Å²) >= 11 is 0. The highest BCUT2D eigenvalue weighted by molar-refractivity contribution is 6.47. The van der Waals surface area contributed by atoms with E-state index in [-0.39, 0.29) is 41.9 Å². The first-order valence-corrected chi connectivity index (χ1v) is 14.6. The second kappa shape index (κ2) is 12.6. The number of alkyl carbamates (subject to hydrolysis) is 1. The Morgan fingerprint density at radius 2 is 1.79 bits per heavy atom. The molecule has 216 valence electrons. The van der Waals surface area contributed by atoms with Gasteiger partial charge in [0.15, 0.2) is 0 Å². The normalized spacial score (nSPS) is 27.1. The standard InChI is InChI=1S/C28H50BN3O6/c1-9-10-11-12-23(33)30-16-20(31-26(35)36-27(4,5)6)25(34)32-22(13-17(2)3)29-37-21-15-18-14-19(24(21)38-29)28(18,7)8/h17-22,24H,9-16H2,1-8H3,(H,30,33)(H,31,35)(H,32,34)/t18-,19+,20-,21+,22-,24?/m0/s1. The number of hydrogen-bond acceptors (Lipinski definition) is 6. The van der Waals surface area contributed by atoms with Crippen LogP contribution in [0.15, 0.2) is 0 Å². The molecule has 3 saturated carbocycles. The Morgan fingerprint density at radius 1 is 1.08 bits per heavy atom. The van der Waals surface area contributed by atoms with E-state index in [1.54, 1.807) is 20.8 Å². The summed E-state index contributed by atoms with van der Waals surface area (Å²) in [5, 5.41) is 8.54. The van der Waals surface area contributed by atoms with Crippen molar-refractivity contribution in [1.29, 1.82) is 0 Å². The third kappa shape index (κ3) is 7.87. The fourth-order valence-corrected chi connectivity index (χ4v) is 6.08. The van der Waals surface area contributed by atoms with Crippen molar-refractivity contribution in [2.45, 2.75) is 130 Å². The maximum atomic E-state index is 13.5. The minimum absolute atomic E-state index is 0.0278. The van der Waals surface area contributed by atoms with Gasteiger partial charge in [0.25, 0.3) is 0 Å². The smallest absolute Gasteiger partial charge is 0.444 e. The lowest BCUT2D eigenvalue weighted by molar-refractivity contribution is -0.150. The number of ether oxygens (including phenoxy) is 1. The molecule has 1 aliphatic heterocycles. The van der Waals surface area contributed by atoms with E-state index in [9.17, 15) is 14.4 Å². The predicted octanol–water partition coefficient (Wildman–Crippen LogP) is 3.98. The minimum Gasteiger partial charge on any atom is -0.444 e. The van der Waals surface area contributed by atoms with Crippen LogP contribution in [0.3, 0.4) is 0 Å². The Hall–Kier alpha value is -1.81. The Bertz CT molecular complexity index is 845. The first-order chi connectivity index (χ1) is 17.7. The van der Waals surface area contributed by atoms with Crippen molar-refractivity contribution >= 4 is 25.0 Å². The third-order valence-corrected chi connectivity index (χ3v) is 8.33. The number of carbonyl (C=O) groups excluding carboxylic acids is 3. The summed E-state index contributed by atoms with van der Waals surface area (Å²) in [7, 11) is -0.544. The van der Waals surface area contributed by atoms with Crippen LogP contribution in [0.1, 0.15) is 100 Å². The number of amides is 3. The molecule has 1 saturated heterocycles. The molecular formula is C28H50BN3O6. The lowest BCUT2D eigenvalue weighted by atomic mass is 9.47. The average Bonchev–Trinajstić information content (AvgIpc) is 3.24. The zero-order valence-corrected chi connectivity index (χ0v) is 24.7. The summed E-state index contributed by atoms with van der Waals surface area (Å²) in [6.07, 6.45) is 5.36. The van der Waals surface area contributed by atoms with E-state index in [1.807, 2.05) is 0 Å². The van der Waals surface area contributed by atoms with E-state index in [4.69, 9.17) is 14.0 Å². The van der Waals surface area contributed by atoms with E-state index < -0.39 is 30.8 Å². The maximum Gasteiger partial charge on any atom is 0.481 e. The molecule has 3 amide bonds. The van der Waals surface area contributed by atoms with Crippen LogP contribution in [0.25, 0.3) is 0 Å². The maximum absolute atomic E-state index is 13.5. The Labute approximate surface area is 229 Å². The van der Waals surface area contributed by atoms with E-state index in [1.165, 1.54) is 6.42 Å². The van der Waals surface area contributed by atoms with Gasteiger partial charge in [-0.25, -0.2) is 4.79 Å². The Morgan fingerprint density at radius 3 is 2.39 bits per heavy atom. The van der Waals surface area contributed by atoms with Crippen LogP contribution >= 0.6 is 0 Å². The number of hydrogen-bond donors (Lipinski definition) is 3. The molecule has 38 heavy (non-hydrogen) atoms. The molecule has 2 bridgehead atoms. The van der Waals surface area contributed by atoms with Gasteiger partial charge >= 0.3 is 13.2 Å². The van der Waals surface area contributed by atoms with Crippen LogP contribution in [0.5, 0.6) is 0 Å². The number of carbonyl (C=O) groups is 3. The largest absolute Gasteiger partial charge is 0.481 e. The molecule has 4 aliphatic rings. The monoisotopic (exact) mass is 535 g/mol. The average molecular weight is 536 g/mol. The fraction of sp³-hybridized carbons (Fsp3) is 0.893. The van der Waals surface area contributed by atoms with Crippen molar-refractivity contribution in [2.24, 2.45) is 23.2 Å². The highest BCUT2D eigenvalue weighted by atomic mass is 16.7. The molecule has 9 nitrogen and oxygen atoms in total. The van der Waals surface area contributed by atoms with Gasteiger partial charge in [0.2, 0.25) is 11.8 Å². The molecule has 4 rings (SSSR count). The van der Waals surface area contributed by atoms with Gasteiger partial charge in [-0.05, 0) is 69.6 Å². The number of nitrogens with one attached hydrogen (secondary N) is 3.